The Kier molecular flexibility index (Phi) is 16.7. The van der Waals surface area contributed by atoms with Gasteiger partial charge < -0.3 is 24.2 Å². The van der Waals surface area contributed by atoms with E-state index in [1.807, 2.05) is 0 Å². The molecule has 0 aromatic rings. The molecule has 0 spiro atoms. The molecule has 0 bridgehead atoms. The van der Waals surface area contributed by atoms with E-state index in [2.05, 4.69) is 14.2 Å². The maximum atomic E-state index is 13.9. The Morgan fingerprint density at radius 1 is 0.381 bits per heavy atom. The fraction of sp³-hybridized carbons (Fsp3) is 1.00. The van der Waals surface area contributed by atoms with Crippen LogP contribution in [0.15, 0.2) is 0 Å². The van der Waals surface area contributed by atoms with Crippen LogP contribution in [0.25, 0.3) is 0 Å². The summed E-state index contributed by atoms with van der Waals surface area (Å²) in [4.78, 5) is 0. The molecular weight excluding hydrogens is 967 g/mol. The van der Waals surface area contributed by atoms with Gasteiger partial charge >= 0.3 is 72.4 Å². The quantitative estimate of drug-likeness (QED) is 0.156. The van der Waals surface area contributed by atoms with Gasteiger partial charge in [-0.2, -0.15) is 124 Å². The SMILES string of the molecule is CCC1(CC)CC(OCC(COC(C(F)(F)F)(C(F)(F)F)C(F)(F)F)(COC(C(F)(F)F)(C(F)(F)F)C(F)(F)F)COC(C(F)(F)F)(C(F)(F)F)C(F)(F)F)CC(CC)(CC)N1O. The molecule has 378 valence electrons. The van der Waals surface area contributed by atoms with Crippen LogP contribution in [-0.4, -0.2) is 126 Å². The smallest absolute Gasteiger partial charge is 0.377 e. The molecule has 0 amide bonds. The van der Waals surface area contributed by atoms with Crippen molar-refractivity contribution < 1.29 is 143 Å². The highest BCUT2D eigenvalue weighted by molar-refractivity contribution is 5.08. The third kappa shape index (κ3) is 10.2. The lowest BCUT2D eigenvalue weighted by Crippen LogP contribution is -2.71. The number of hydroxylamine groups is 2. The van der Waals surface area contributed by atoms with Crippen LogP contribution in [0.2, 0.25) is 0 Å². The number of piperidine rings is 1. The Morgan fingerprint density at radius 3 is 0.730 bits per heavy atom. The molecule has 33 heteroatoms. The van der Waals surface area contributed by atoms with Crippen LogP contribution in [0.1, 0.15) is 66.2 Å². The van der Waals surface area contributed by atoms with E-state index in [-0.39, 0.29) is 25.7 Å². The van der Waals surface area contributed by atoms with Gasteiger partial charge in [-0.15, -0.1) is 0 Å². The van der Waals surface area contributed by atoms with Crippen LogP contribution >= 0.6 is 0 Å². The molecule has 0 aliphatic carbocycles. The van der Waals surface area contributed by atoms with Gasteiger partial charge in [-0.3, -0.25) is 0 Å². The second-order valence-corrected chi connectivity index (χ2v) is 14.4. The summed E-state index contributed by atoms with van der Waals surface area (Å²) in [6, 6.07) is 0. The van der Waals surface area contributed by atoms with Crippen molar-refractivity contribution in [1.29, 1.82) is 0 Å². The molecule has 1 fully saturated rings. The van der Waals surface area contributed by atoms with E-state index in [1.165, 1.54) is 27.7 Å². The third-order valence-corrected chi connectivity index (χ3v) is 10.7. The van der Waals surface area contributed by atoms with Crippen LogP contribution in [0.4, 0.5) is 119 Å². The summed E-state index contributed by atoms with van der Waals surface area (Å²) in [5.41, 5.74) is -32.4. The maximum absolute atomic E-state index is 13.9. The molecule has 1 aliphatic heterocycles. The lowest BCUT2D eigenvalue weighted by Gasteiger charge is -2.56. The highest BCUT2D eigenvalue weighted by atomic mass is 19.5. The van der Waals surface area contributed by atoms with Gasteiger partial charge in [-0.05, 0) is 38.5 Å². The first-order valence-electron chi connectivity index (χ1n) is 17.2. The number of halogens is 27. The van der Waals surface area contributed by atoms with E-state index in [0.717, 1.165) is 0 Å². The zero-order chi connectivity index (χ0) is 50.6. The summed E-state index contributed by atoms with van der Waals surface area (Å²) in [6.45, 7) is -9.76. The molecule has 0 aromatic carbocycles. The van der Waals surface area contributed by atoms with Crippen molar-refractivity contribution in [2.75, 3.05) is 26.4 Å². The van der Waals surface area contributed by atoms with Crippen LogP contribution in [-0.2, 0) is 18.9 Å². The highest BCUT2D eigenvalue weighted by Crippen LogP contribution is 2.59. The van der Waals surface area contributed by atoms with Crippen LogP contribution < -0.4 is 0 Å². The topological polar surface area (TPSA) is 60.4 Å². The number of hydrogen-bond donors (Lipinski definition) is 1. The average Bonchev–Trinajstić information content (AvgIpc) is 3.02. The second kappa shape index (κ2) is 17.8. The van der Waals surface area contributed by atoms with Crippen molar-refractivity contribution in [3.8, 4) is 0 Å². The van der Waals surface area contributed by atoms with E-state index >= 15 is 0 Å². The molecule has 1 saturated heterocycles. The van der Waals surface area contributed by atoms with Gasteiger partial charge in [0.15, 0.2) is 0 Å². The number of alkyl halides is 27. The zero-order valence-corrected chi connectivity index (χ0v) is 31.9. The summed E-state index contributed by atoms with van der Waals surface area (Å²) in [5.74, 6) is 0. The van der Waals surface area contributed by atoms with Gasteiger partial charge in [0.1, 0.15) is 0 Å². The molecule has 0 saturated carbocycles. The number of nitrogens with zero attached hydrogens (tertiary/aromatic N) is 1. The van der Waals surface area contributed by atoms with Crippen molar-refractivity contribution in [3.05, 3.63) is 0 Å². The van der Waals surface area contributed by atoms with Gasteiger partial charge in [-0.25, -0.2) is 0 Å². The molecule has 1 N–H and O–H groups in total. The van der Waals surface area contributed by atoms with Gasteiger partial charge in [0, 0.05) is 11.1 Å². The van der Waals surface area contributed by atoms with Crippen LogP contribution in [0.5, 0.6) is 0 Å². The van der Waals surface area contributed by atoms with E-state index in [0.29, 0.717) is 5.06 Å². The second-order valence-electron chi connectivity index (χ2n) is 14.4. The Bertz CT molecular complexity index is 1210. The first-order chi connectivity index (χ1) is 27.6. The number of hydrogen-bond acceptors (Lipinski definition) is 6. The van der Waals surface area contributed by atoms with Crippen LogP contribution in [0, 0.1) is 5.41 Å². The standard InChI is InChI=1S/C30H34F27NO5/c1-5-17(6-2)9-15(10-18(7-3,8-4)58(17)59)60-11-16(12-61-19(22(31,32)33,23(34,35)36)24(37,38)39,13-62-20(25(40,41)42,26(43,44)45)27(46,47)48)14-63-21(28(49,50)51,29(52,53)54)30(55,56)57/h15,59H,5-14H2,1-4H3. The molecule has 1 rings (SSSR count). The minimum atomic E-state index is -8.06. The van der Waals surface area contributed by atoms with Crippen molar-refractivity contribution in [3.63, 3.8) is 0 Å². The summed E-state index contributed by atoms with van der Waals surface area (Å²) in [6.07, 6.45) is -77.4. The normalized spacial score (nSPS) is 19.2. The fourth-order valence-electron chi connectivity index (χ4n) is 6.90. The minimum absolute atomic E-state index is 0.274. The largest absolute Gasteiger partial charge is 0.435 e. The lowest BCUT2D eigenvalue weighted by atomic mass is 9.71. The van der Waals surface area contributed by atoms with Crippen molar-refractivity contribution in [2.45, 2.75) is 156 Å². The van der Waals surface area contributed by atoms with E-state index < -0.39 is 134 Å². The van der Waals surface area contributed by atoms with Gasteiger partial charge in [0.05, 0.1) is 37.9 Å². The van der Waals surface area contributed by atoms with Crippen molar-refractivity contribution in [1.82, 2.24) is 5.06 Å². The van der Waals surface area contributed by atoms with E-state index in [9.17, 15) is 124 Å². The average molecular weight is 1000 g/mol. The summed E-state index contributed by atoms with van der Waals surface area (Å²) in [7, 11) is 0. The maximum Gasteiger partial charge on any atom is 0.435 e. The molecule has 1 aliphatic rings. The van der Waals surface area contributed by atoms with Crippen molar-refractivity contribution >= 4 is 0 Å². The zero-order valence-electron chi connectivity index (χ0n) is 31.9. The fourth-order valence-corrected chi connectivity index (χ4v) is 6.90. The molecule has 0 unspecified atom stereocenters. The Labute approximate surface area is 336 Å². The van der Waals surface area contributed by atoms with Gasteiger partial charge in [-0.1, -0.05) is 27.7 Å². The first-order valence-corrected chi connectivity index (χ1v) is 17.2. The molecule has 0 atom stereocenters. The summed E-state index contributed by atoms with van der Waals surface area (Å²) >= 11 is 0. The predicted molar refractivity (Wildman–Crippen MR) is 152 cm³/mol. The van der Waals surface area contributed by atoms with Gasteiger partial charge in [0.2, 0.25) is 0 Å². The Hall–Kier alpha value is -2.13. The minimum Gasteiger partial charge on any atom is -0.377 e. The third-order valence-electron chi connectivity index (χ3n) is 10.7. The molecule has 1 heterocycles. The summed E-state index contributed by atoms with van der Waals surface area (Å²) < 4.78 is 389. The molecule has 0 radical (unpaired) electrons. The number of ether oxygens (including phenoxy) is 4. The van der Waals surface area contributed by atoms with E-state index in [1.54, 1.807) is 0 Å². The van der Waals surface area contributed by atoms with Crippen molar-refractivity contribution in [2.24, 2.45) is 5.41 Å². The highest BCUT2D eigenvalue weighted by Gasteiger charge is 2.89. The molecular formula is C30H34F27NO5. The van der Waals surface area contributed by atoms with Gasteiger partial charge in [0.25, 0.3) is 0 Å². The Morgan fingerprint density at radius 2 is 0.571 bits per heavy atom. The lowest BCUT2D eigenvalue weighted by molar-refractivity contribution is -0.474. The molecule has 6 nitrogen and oxygen atoms in total. The number of rotatable bonds is 16. The molecule has 63 heavy (non-hydrogen) atoms. The monoisotopic (exact) mass is 1000 g/mol. The first kappa shape index (κ1) is 58.9. The molecule has 0 aromatic heterocycles. The van der Waals surface area contributed by atoms with E-state index in [4.69, 9.17) is 4.74 Å². The summed E-state index contributed by atoms with van der Waals surface area (Å²) in [5, 5.41) is 11.8. The van der Waals surface area contributed by atoms with Crippen LogP contribution in [0.3, 0.4) is 0 Å². The Balaban J connectivity index is 4.66. The predicted octanol–water partition coefficient (Wildman–Crippen LogP) is 12.3.